The predicted octanol–water partition coefficient (Wildman–Crippen LogP) is 1.39. The number of carbonyl (C=O) groups excluding carboxylic acids is 1. The average molecular weight is 186 g/mol. The fourth-order valence-electron chi connectivity index (χ4n) is 0.652. The second kappa shape index (κ2) is 6.95. The Hall–Kier alpha value is -0.730. The third kappa shape index (κ3) is 6.01. The molecule has 1 amide bonds. The summed E-state index contributed by atoms with van der Waals surface area (Å²) in [6, 6.07) is 0.244. The van der Waals surface area contributed by atoms with Crippen LogP contribution in [-0.4, -0.2) is 23.7 Å². The van der Waals surface area contributed by atoms with Gasteiger partial charge in [0.2, 0.25) is 5.91 Å². The summed E-state index contributed by atoms with van der Waals surface area (Å²) < 4.78 is 0. The van der Waals surface area contributed by atoms with E-state index in [9.17, 15) is 4.79 Å². The van der Waals surface area contributed by atoms with E-state index in [1.54, 1.807) is 0 Å². The Morgan fingerprint density at radius 2 is 2.42 bits per heavy atom. The number of hydrogen-bond acceptors (Lipinski definition) is 3. The fourth-order valence-corrected chi connectivity index (χ4v) is 0.743. The molecule has 3 nitrogen and oxygen atoms in total. The van der Waals surface area contributed by atoms with Gasteiger partial charge in [-0.15, -0.1) is 0 Å². The third-order valence-electron chi connectivity index (χ3n) is 1.53. The van der Waals surface area contributed by atoms with Crippen LogP contribution in [0.5, 0.6) is 0 Å². The molecule has 0 aromatic carbocycles. The van der Waals surface area contributed by atoms with Gasteiger partial charge in [-0.2, -0.15) is 0 Å². The number of aliphatic imine (C=N–C) groups is 1. The first-order valence-electron chi connectivity index (χ1n) is 4.03. The van der Waals surface area contributed by atoms with Gasteiger partial charge < -0.3 is 5.32 Å². The van der Waals surface area contributed by atoms with Crippen LogP contribution in [0.25, 0.3) is 0 Å². The van der Waals surface area contributed by atoms with Crippen molar-refractivity contribution < 1.29 is 4.79 Å². The van der Waals surface area contributed by atoms with Crippen LogP contribution >= 0.6 is 12.2 Å². The molecule has 0 saturated carbocycles. The predicted molar refractivity (Wildman–Crippen MR) is 52.4 cm³/mol. The minimum absolute atomic E-state index is 0.0263. The van der Waals surface area contributed by atoms with Crippen molar-refractivity contribution in [1.29, 1.82) is 0 Å². The SMILES string of the molecule is CCC(C)NC(=O)CCN=C=S. The molecule has 0 rings (SSSR count). The molecule has 0 saturated heterocycles. The highest BCUT2D eigenvalue weighted by Gasteiger charge is 2.03. The molecule has 0 radical (unpaired) electrons. The second-order valence-electron chi connectivity index (χ2n) is 2.60. The zero-order valence-corrected chi connectivity index (χ0v) is 8.28. The standard InChI is InChI=1S/C8H14N2OS/c1-3-7(2)10-8(11)4-5-9-6-12/h7H,3-5H2,1-2H3,(H,10,11). The number of rotatable bonds is 5. The monoisotopic (exact) mass is 186 g/mol. The molecule has 0 aliphatic rings. The van der Waals surface area contributed by atoms with Crippen LogP contribution in [0, 0.1) is 0 Å². The van der Waals surface area contributed by atoms with Crippen LogP contribution < -0.4 is 5.32 Å². The van der Waals surface area contributed by atoms with Crippen molar-refractivity contribution in [2.75, 3.05) is 6.54 Å². The Morgan fingerprint density at radius 1 is 1.75 bits per heavy atom. The lowest BCUT2D eigenvalue weighted by atomic mass is 10.2. The van der Waals surface area contributed by atoms with E-state index in [1.807, 2.05) is 13.8 Å². The van der Waals surface area contributed by atoms with Crippen molar-refractivity contribution in [1.82, 2.24) is 5.32 Å². The van der Waals surface area contributed by atoms with E-state index in [0.717, 1.165) is 6.42 Å². The zero-order valence-electron chi connectivity index (χ0n) is 7.46. The number of carbonyl (C=O) groups is 1. The van der Waals surface area contributed by atoms with E-state index in [1.165, 1.54) is 0 Å². The molecule has 0 aromatic rings. The van der Waals surface area contributed by atoms with Gasteiger partial charge in [-0.05, 0) is 25.6 Å². The average Bonchev–Trinajstić information content (AvgIpc) is 2.05. The molecule has 1 unspecified atom stereocenters. The quantitative estimate of drug-likeness (QED) is 0.521. The minimum atomic E-state index is 0.0263. The number of thiocarbonyl (C=S) groups is 1. The van der Waals surface area contributed by atoms with Gasteiger partial charge in [-0.25, -0.2) is 4.99 Å². The molecule has 12 heavy (non-hydrogen) atoms. The summed E-state index contributed by atoms with van der Waals surface area (Å²) in [6.45, 7) is 4.44. The Morgan fingerprint density at radius 3 is 2.92 bits per heavy atom. The van der Waals surface area contributed by atoms with Crippen molar-refractivity contribution in [2.45, 2.75) is 32.7 Å². The molecule has 0 aromatic heterocycles. The molecule has 0 spiro atoms. The van der Waals surface area contributed by atoms with E-state index in [4.69, 9.17) is 0 Å². The molecule has 0 aliphatic carbocycles. The van der Waals surface area contributed by atoms with Crippen LogP contribution in [0.2, 0.25) is 0 Å². The molecule has 68 valence electrons. The summed E-state index contributed by atoms with van der Waals surface area (Å²) in [5.74, 6) is 0.0263. The van der Waals surface area contributed by atoms with Crippen LogP contribution in [0.3, 0.4) is 0 Å². The molecule has 0 aliphatic heterocycles. The third-order valence-corrected chi connectivity index (χ3v) is 1.66. The smallest absolute Gasteiger partial charge is 0.222 e. The van der Waals surface area contributed by atoms with E-state index < -0.39 is 0 Å². The molecular formula is C8H14N2OS. The van der Waals surface area contributed by atoms with Gasteiger partial charge in [-0.1, -0.05) is 6.92 Å². The lowest BCUT2D eigenvalue weighted by molar-refractivity contribution is -0.121. The van der Waals surface area contributed by atoms with Gasteiger partial charge in [0.25, 0.3) is 0 Å². The van der Waals surface area contributed by atoms with Crippen LogP contribution in [0.15, 0.2) is 4.99 Å². The molecule has 1 atom stereocenters. The summed E-state index contributed by atoms with van der Waals surface area (Å²) in [5.41, 5.74) is 0. The van der Waals surface area contributed by atoms with Crippen molar-refractivity contribution in [3.8, 4) is 0 Å². The first kappa shape index (κ1) is 11.3. The van der Waals surface area contributed by atoms with E-state index in [2.05, 4.69) is 27.7 Å². The molecule has 4 heteroatoms. The minimum Gasteiger partial charge on any atom is -0.354 e. The highest BCUT2D eigenvalue weighted by Crippen LogP contribution is 1.89. The lowest BCUT2D eigenvalue weighted by Crippen LogP contribution is -2.32. The van der Waals surface area contributed by atoms with Gasteiger partial charge in [0.1, 0.15) is 0 Å². The number of nitrogens with zero attached hydrogens (tertiary/aromatic N) is 1. The first-order valence-corrected chi connectivity index (χ1v) is 4.44. The Labute approximate surface area is 78.3 Å². The summed E-state index contributed by atoms with van der Waals surface area (Å²) in [5, 5.41) is 5.05. The molecule has 0 bridgehead atoms. The van der Waals surface area contributed by atoms with Gasteiger partial charge in [0, 0.05) is 12.5 Å². The number of hydrogen-bond donors (Lipinski definition) is 1. The number of isothiocyanates is 1. The Bertz CT molecular complexity index is 187. The second-order valence-corrected chi connectivity index (χ2v) is 2.78. The van der Waals surface area contributed by atoms with Crippen molar-refractivity contribution in [3.63, 3.8) is 0 Å². The number of nitrogens with one attached hydrogen (secondary N) is 1. The van der Waals surface area contributed by atoms with E-state index in [0.29, 0.717) is 13.0 Å². The van der Waals surface area contributed by atoms with Crippen LogP contribution in [0.4, 0.5) is 0 Å². The normalized spacial score (nSPS) is 11.5. The first-order chi connectivity index (χ1) is 5.70. The Kier molecular flexibility index (Phi) is 6.53. The van der Waals surface area contributed by atoms with Gasteiger partial charge in [0.15, 0.2) is 0 Å². The molecule has 0 fully saturated rings. The molecule has 0 heterocycles. The lowest BCUT2D eigenvalue weighted by Gasteiger charge is -2.09. The number of amides is 1. The molecule has 1 N–H and O–H groups in total. The highest BCUT2D eigenvalue weighted by atomic mass is 32.1. The van der Waals surface area contributed by atoms with Crippen LogP contribution in [0.1, 0.15) is 26.7 Å². The maximum atomic E-state index is 11.1. The van der Waals surface area contributed by atoms with E-state index >= 15 is 0 Å². The Balaban J connectivity index is 3.52. The summed E-state index contributed by atoms with van der Waals surface area (Å²) >= 11 is 4.37. The fraction of sp³-hybridized carbons (Fsp3) is 0.750. The summed E-state index contributed by atoms with van der Waals surface area (Å²) in [6.07, 6.45) is 1.34. The molecular weight excluding hydrogens is 172 g/mol. The van der Waals surface area contributed by atoms with Gasteiger partial charge in [-0.3, -0.25) is 4.79 Å². The van der Waals surface area contributed by atoms with Crippen molar-refractivity contribution in [2.24, 2.45) is 4.99 Å². The van der Waals surface area contributed by atoms with Crippen LogP contribution in [-0.2, 0) is 4.79 Å². The summed E-state index contributed by atoms with van der Waals surface area (Å²) in [7, 11) is 0. The topological polar surface area (TPSA) is 41.5 Å². The maximum absolute atomic E-state index is 11.1. The van der Waals surface area contributed by atoms with Crippen molar-refractivity contribution >= 4 is 23.3 Å². The largest absolute Gasteiger partial charge is 0.354 e. The van der Waals surface area contributed by atoms with Crippen molar-refractivity contribution in [3.05, 3.63) is 0 Å². The summed E-state index contributed by atoms with van der Waals surface area (Å²) in [4.78, 5) is 14.7. The van der Waals surface area contributed by atoms with Gasteiger partial charge in [0.05, 0.1) is 11.7 Å². The van der Waals surface area contributed by atoms with E-state index in [-0.39, 0.29) is 11.9 Å². The maximum Gasteiger partial charge on any atom is 0.222 e. The highest BCUT2D eigenvalue weighted by molar-refractivity contribution is 7.78. The van der Waals surface area contributed by atoms with Gasteiger partial charge >= 0.3 is 0 Å². The zero-order chi connectivity index (χ0) is 9.40.